The lowest BCUT2D eigenvalue weighted by Gasteiger charge is -2.36. The fourth-order valence-electron chi connectivity index (χ4n) is 5.83. The van der Waals surface area contributed by atoms with E-state index >= 15 is 0 Å². The molecule has 0 N–H and O–H groups in total. The lowest BCUT2D eigenvalue weighted by atomic mass is 9.84. The van der Waals surface area contributed by atoms with Crippen molar-refractivity contribution in [1.29, 1.82) is 5.26 Å². The minimum absolute atomic E-state index is 0.00302. The summed E-state index contributed by atoms with van der Waals surface area (Å²) in [6, 6.07) is 11.1. The largest absolute Gasteiger partial charge is 0.474 e. The molecule has 10 heteroatoms. The van der Waals surface area contributed by atoms with Gasteiger partial charge in [0.25, 0.3) is 0 Å². The maximum Gasteiger partial charge on any atom is 0.410 e. The van der Waals surface area contributed by atoms with E-state index in [1.807, 2.05) is 44.7 Å². The highest BCUT2D eigenvalue weighted by molar-refractivity contribution is 6.42. The first-order chi connectivity index (χ1) is 19.4. The molecule has 4 rings (SSSR count). The van der Waals surface area contributed by atoms with E-state index in [2.05, 4.69) is 11.1 Å². The highest BCUT2D eigenvalue weighted by Gasteiger charge is 2.43. The molecule has 1 aromatic heterocycles. The number of likely N-dealkylation sites (tertiary alicyclic amines) is 1. The maximum atomic E-state index is 13.8. The number of rotatable bonds is 6. The van der Waals surface area contributed by atoms with Gasteiger partial charge in [-0.05, 0) is 77.1 Å². The summed E-state index contributed by atoms with van der Waals surface area (Å²) < 4.78 is 11.7. The van der Waals surface area contributed by atoms with Crippen LogP contribution in [0.4, 0.5) is 4.79 Å². The molecule has 2 amide bonds. The second-order valence-corrected chi connectivity index (χ2v) is 12.9. The second kappa shape index (κ2) is 12.9. The molecule has 1 aliphatic carbocycles. The lowest BCUT2D eigenvalue weighted by Crippen LogP contribution is -2.44. The summed E-state index contributed by atoms with van der Waals surface area (Å²) in [5.41, 5.74) is 0.918. The number of carbonyl (C=O) groups is 2. The smallest absolute Gasteiger partial charge is 0.410 e. The molecule has 8 nitrogen and oxygen atoms in total. The maximum absolute atomic E-state index is 13.8. The van der Waals surface area contributed by atoms with Gasteiger partial charge in [0.2, 0.25) is 11.8 Å². The van der Waals surface area contributed by atoms with E-state index < -0.39 is 5.60 Å². The minimum Gasteiger partial charge on any atom is -0.474 e. The molecule has 0 spiro atoms. The molecule has 3 atom stereocenters. The van der Waals surface area contributed by atoms with E-state index in [0.717, 1.165) is 31.2 Å². The summed E-state index contributed by atoms with van der Waals surface area (Å²) in [5, 5.41) is 10.0. The van der Waals surface area contributed by atoms with E-state index in [1.54, 1.807) is 30.1 Å². The molecule has 1 aromatic carbocycles. The molecule has 0 unspecified atom stereocenters. The van der Waals surface area contributed by atoms with Crippen molar-refractivity contribution in [3.8, 4) is 11.9 Å². The third kappa shape index (κ3) is 7.64. The number of hydrogen-bond donors (Lipinski definition) is 0. The van der Waals surface area contributed by atoms with E-state index in [4.69, 9.17) is 37.9 Å². The van der Waals surface area contributed by atoms with Crippen LogP contribution in [0.15, 0.2) is 36.5 Å². The van der Waals surface area contributed by atoms with Gasteiger partial charge < -0.3 is 19.3 Å². The average molecular weight is 602 g/mol. The standard InChI is InChI=1S/C31H38Cl2N4O4/c1-19(40-28-13-6-20(15-34)16-35-28)24-17-37(18-25(24)22-9-12-26(32)27(33)14-22)29(38)21-7-10-23(11-8-21)36(5)30(39)41-31(2,3)4/h6,9,12-14,16,19,21,23-25H,7-8,10-11,17-18H2,1-5H3/t19-,21-,23-,24+,25+/m0/s1. The van der Waals surface area contributed by atoms with Crippen LogP contribution in [0, 0.1) is 23.2 Å². The molecule has 220 valence electrons. The van der Waals surface area contributed by atoms with Crippen molar-refractivity contribution >= 4 is 35.2 Å². The van der Waals surface area contributed by atoms with E-state index in [1.165, 1.54) is 6.20 Å². The number of nitriles is 1. The predicted molar refractivity (Wildman–Crippen MR) is 158 cm³/mol. The van der Waals surface area contributed by atoms with Crippen LogP contribution >= 0.6 is 23.2 Å². The highest BCUT2D eigenvalue weighted by atomic mass is 35.5. The Kier molecular flexibility index (Phi) is 9.71. The van der Waals surface area contributed by atoms with Crippen molar-refractivity contribution < 1.29 is 19.1 Å². The SMILES string of the molecule is C[C@H](Oc1ccc(C#N)cn1)[C@H]1CN(C(=O)[C@H]2CC[C@H](N(C)C(=O)OC(C)(C)C)CC2)C[C@@H]1c1ccc(Cl)c(Cl)c1. The van der Waals surface area contributed by atoms with Gasteiger partial charge >= 0.3 is 6.09 Å². The molecule has 2 fully saturated rings. The van der Waals surface area contributed by atoms with Gasteiger partial charge in [-0.15, -0.1) is 0 Å². The fraction of sp³-hybridized carbons (Fsp3) is 0.548. The zero-order valence-corrected chi connectivity index (χ0v) is 25.8. The van der Waals surface area contributed by atoms with Gasteiger partial charge in [-0.2, -0.15) is 5.26 Å². The van der Waals surface area contributed by atoms with Crippen molar-refractivity contribution in [3.05, 3.63) is 57.7 Å². The molecule has 1 aliphatic heterocycles. The zero-order chi connectivity index (χ0) is 29.9. The third-order valence-electron chi connectivity index (χ3n) is 8.10. The average Bonchev–Trinajstić information content (AvgIpc) is 3.39. The molecule has 0 radical (unpaired) electrons. The molecule has 2 aromatic rings. The number of aromatic nitrogens is 1. The summed E-state index contributed by atoms with van der Waals surface area (Å²) in [6.07, 6.45) is 3.84. The van der Waals surface area contributed by atoms with E-state index in [-0.39, 0.29) is 41.9 Å². The summed E-state index contributed by atoms with van der Waals surface area (Å²) in [6.45, 7) is 8.65. The van der Waals surface area contributed by atoms with Crippen LogP contribution in [0.3, 0.4) is 0 Å². The third-order valence-corrected chi connectivity index (χ3v) is 8.84. The molecular weight excluding hydrogens is 563 g/mol. The van der Waals surface area contributed by atoms with Gasteiger partial charge in [0.05, 0.1) is 15.6 Å². The Morgan fingerprint density at radius 2 is 1.80 bits per heavy atom. The molecule has 41 heavy (non-hydrogen) atoms. The Hall–Kier alpha value is -3.02. The Morgan fingerprint density at radius 3 is 2.39 bits per heavy atom. The van der Waals surface area contributed by atoms with Crippen LogP contribution in [0.1, 0.15) is 70.4 Å². The number of nitrogens with zero attached hydrogens (tertiary/aromatic N) is 4. The number of carbonyl (C=O) groups excluding carboxylic acids is 2. The van der Waals surface area contributed by atoms with Crippen LogP contribution in [-0.2, 0) is 9.53 Å². The van der Waals surface area contributed by atoms with Gasteiger partial charge in [0.1, 0.15) is 17.8 Å². The number of ether oxygens (including phenoxy) is 2. The van der Waals surface area contributed by atoms with Crippen molar-refractivity contribution in [1.82, 2.24) is 14.8 Å². The van der Waals surface area contributed by atoms with Gasteiger partial charge in [-0.1, -0.05) is 29.3 Å². The molecule has 1 saturated heterocycles. The lowest BCUT2D eigenvalue weighted by molar-refractivity contribution is -0.136. The predicted octanol–water partition coefficient (Wildman–Crippen LogP) is 6.70. The Labute approximate surface area is 252 Å². The van der Waals surface area contributed by atoms with Crippen molar-refractivity contribution in [2.75, 3.05) is 20.1 Å². The summed E-state index contributed by atoms with van der Waals surface area (Å²) >= 11 is 12.6. The van der Waals surface area contributed by atoms with Crippen LogP contribution in [-0.4, -0.2) is 64.7 Å². The van der Waals surface area contributed by atoms with Crippen molar-refractivity contribution in [2.45, 2.75) is 77.0 Å². The molecule has 0 bridgehead atoms. The summed E-state index contributed by atoms with van der Waals surface area (Å²) in [4.78, 5) is 34.2. The number of halogens is 2. The van der Waals surface area contributed by atoms with E-state index in [9.17, 15) is 9.59 Å². The van der Waals surface area contributed by atoms with Crippen LogP contribution in [0.5, 0.6) is 5.88 Å². The van der Waals surface area contributed by atoms with Crippen molar-refractivity contribution in [2.24, 2.45) is 11.8 Å². The Bertz CT molecular complexity index is 1280. The topological polar surface area (TPSA) is 95.8 Å². The highest BCUT2D eigenvalue weighted by Crippen LogP contribution is 2.40. The quantitative estimate of drug-likeness (QED) is 0.366. The van der Waals surface area contributed by atoms with Gasteiger partial charge in [0, 0.05) is 56.2 Å². The first-order valence-electron chi connectivity index (χ1n) is 14.1. The van der Waals surface area contributed by atoms with Crippen LogP contribution in [0.2, 0.25) is 10.0 Å². The number of pyridine rings is 1. The summed E-state index contributed by atoms with van der Waals surface area (Å²) in [5.74, 6) is 0.462. The van der Waals surface area contributed by atoms with Crippen LogP contribution in [0.25, 0.3) is 0 Å². The van der Waals surface area contributed by atoms with Gasteiger partial charge in [-0.3, -0.25) is 4.79 Å². The fourth-order valence-corrected chi connectivity index (χ4v) is 6.13. The zero-order valence-electron chi connectivity index (χ0n) is 24.3. The molecule has 2 heterocycles. The number of hydrogen-bond acceptors (Lipinski definition) is 6. The van der Waals surface area contributed by atoms with E-state index in [0.29, 0.717) is 34.6 Å². The first-order valence-corrected chi connectivity index (χ1v) is 14.8. The van der Waals surface area contributed by atoms with Gasteiger partial charge in [-0.25, -0.2) is 9.78 Å². The van der Waals surface area contributed by atoms with Crippen LogP contribution < -0.4 is 4.74 Å². The van der Waals surface area contributed by atoms with Gasteiger partial charge in [0.15, 0.2) is 0 Å². The minimum atomic E-state index is -0.549. The number of benzene rings is 1. The molecule has 1 saturated carbocycles. The molecular formula is C31H38Cl2N4O4. The second-order valence-electron chi connectivity index (χ2n) is 12.1. The monoisotopic (exact) mass is 600 g/mol. The van der Waals surface area contributed by atoms with Crippen molar-refractivity contribution in [3.63, 3.8) is 0 Å². The summed E-state index contributed by atoms with van der Waals surface area (Å²) in [7, 11) is 1.78. The Balaban J connectivity index is 1.45. The Morgan fingerprint density at radius 1 is 1.10 bits per heavy atom. The normalized spacial score (nSPS) is 23.4. The number of amides is 2. The molecule has 2 aliphatic rings. The first kappa shape index (κ1) is 30.9.